The first-order chi connectivity index (χ1) is 17.5. The van der Waals surface area contributed by atoms with E-state index in [9.17, 15) is 9.18 Å². The predicted molar refractivity (Wildman–Crippen MR) is 144 cm³/mol. The van der Waals surface area contributed by atoms with Gasteiger partial charge in [-0.2, -0.15) is 0 Å². The summed E-state index contributed by atoms with van der Waals surface area (Å²) < 4.78 is 31.0. The molecule has 0 aromatic carbocycles. The Kier molecular flexibility index (Phi) is 10.3. The number of primary amides is 1. The molecule has 1 fully saturated rings. The van der Waals surface area contributed by atoms with E-state index in [4.69, 9.17) is 19.9 Å². The van der Waals surface area contributed by atoms with Crippen molar-refractivity contribution >= 4 is 41.8 Å². The van der Waals surface area contributed by atoms with Crippen molar-refractivity contribution in [1.82, 2.24) is 25.2 Å². The van der Waals surface area contributed by atoms with E-state index in [0.29, 0.717) is 73.2 Å². The fraction of sp³-hybridized carbons (Fsp3) is 0.440. The van der Waals surface area contributed by atoms with E-state index in [1.165, 1.54) is 13.3 Å². The normalized spacial score (nSPS) is 18.8. The average Bonchev–Trinajstić information content (AvgIpc) is 2.91. The number of fused-ring (bicyclic) bond motifs is 2. The van der Waals surface area contributed by atoms with Crippen molar-refractivity contribution in [2.75, 3.05) is 40.0 Å². The summed E-state index contributed by atoms with van der Waals surface area (Å²) in [4.78, 5) is 27.4. The fourth-order valence-electron chi connectivity index (χ4n) is 4.78. The maximum atomic E-state index is 14.7. The molecule has 13 heteroatoms. The summed E-state index contributed by atoms with van der Waals surface area (Å²) in [6.07, 6.45) is 4.03. The van der Waals surface area contributed by atoms with Gasteiger partial charge in [-0.1, -0.05) is 0 Å². The number of piperidine rings is 1. The van der Waals surface area contributed by atoms with Gasteiger partial charge in [-0.05, 0) is 25.5 Å². The lowest BCUT2D eigenvalue weighted by atomic mass is 9.91. The molecule has 0 saturated carbocycles. The highest BCUT2D eigenvalue weighted by Crippen LogP contribution is 2.29. The number of halogens is 3. The van der Waals surface area contributed by atoms with Crippen LogP contribution in [-0.2, 0) is 17.8 Å². The van der Waals surface area contributed by atoms with Crippen LogP contribution in [0.1, 0.15) is 17.7 Å². The van der Waals surface area contributed by atoms with Crippen LogP contribution >= 0.6 is 24.8 Å². The first kappa shape index (κ1) is 29.6. The van der Waals surface area contributed by atoms with Gasteiger partial charge in [0.05, 0.1) is 42.1 Å². The minimum Gasteiger partial charge on any atom is -0.486 e. The number of nitrogens with two attached hydrogens (primary N) is 1. The van der Waals surface area contributed by atoms with Gasteiger partial charge in [0.25, 0.3) is 0 Å². The molecule has 0 spiro atoms. The van der Waals surface area contributed by atoms with Crippen molar-refractivity contribution in [3.8, 4) is 17.4 Å². The Morgan fingerprint density at radius 1 is 1.21 bits per heavy atom. The molecule has 3 N–H and O–H groups in total. The lowest BCUT2D eigenvalue weighted by molar-refractivity contribution is -0.124. The van der Waals surface area contributed by atoms with Crippen molar-refractivity contribution in [3.63, 3.8) is 0 Å². The number of nitrogens with one attached hydrogen (secondary N) is 1. The van der Waals surface area contributed by atoms with Gasteiger partial charge in [0.1, 0.15) is 19.0 Å². The second kappa shape index (κ2) is 13.2. The summed E-state index contributed by atoms with van der Waals surface area (Å²) in [5.74, 6) is 0.577. The molecule has 1 amide bonds. The number of hydrogen-bond acceptors (Lipinski definition) is 9. The molecule has 5 heterocycles. The van der Waals surface area contributed by atoms with Gasteiger partial charge in [-0.3, -0.25) is 14.8 Å². The van der Waals surface area contributed by atoms with Crippen molar-refractivity contribution in [3.05, 3.63) is 47.7 Å². The van der Waals surface area contributed by atoms with Gasteiger partial charge in [-0.15, -0.1) is 24.8 Å². The lowest BCUT2D eigenvalue weighted by Crippen LogP contribution is -2.54. The zero-order valence-electron chi connectivity index (χ0n) is 20.9. The number of carbonyl (C=O) groups is 1. The number of likely N-dealkylation sites (tertiary alicyclic amines) is 1. The molecule has 2 aliphatic rings. The van der Waals surface area contributed by atoms with Gasteiger partial charge >= 0.3 is 0 Å². The zero-order valence-corrected chi connectivity index (χ0v) is 22.5. The van der Waals surface area contributed by atoms with E-state index in [1.54, 1.807) is 18.3 Å². The number of nitrogens with zero attached hydrogens (tertiary/aromatic N) is 4. The highest BCUT2D eigenvalue weighted by Gasteiger charge is 2.33. The first-order valence-electron chi connectivity index (χ1n) is 12.0. The zero-order chi connectivity index (χ0) is 25.1. The van der Waals surface area contributed by atoms with Crippen LogP contribution in [0.2, 0.25) is 0 Å². The molecule has 0 bridgehead atoms. The maximum Gasteiger partial charge on any atom is 0.223 e. The molecule has 2 atom stereocenters. The molecular weight excluding hydrogens is 538 g/mol. The van der Waals surface area contributed by atoms with Crippen LogP contribution in [0.25, 0.3) is 11.0 Å². The van der Waals surface area contributed by atoms with E-state index in [0.717, 1.165) is 18.7 Å². The molecule has 0 aliphatic carbocycles. The highest BCUT2D eigenvalue weighted by molar-refractivity contribution is 5.85. The van der Waals surface area contributed by atoms with Gasteiger partial charge < -0.3 is 30.2 Å². The third kappa shape index (κ3) is 6.52. The molecule has 3 aromatic heterocycles. The Morgan fingerprint density at radius 3 is 2.76 bits per heavy atom. The number of hydrogen-bond donors (Lipinski definition) is 2. The maximum absolute atomic E-state index is 14.7. The summed E-state index contributed by atoms with van der Waals surface area (Å²) in [6, 6.07) is 5.23. The van der Waals surface area contributed by atoms with Gasteiger partial charge in [0.2, 0.25) is 11.8 Å². The predicted octanol–water partition coefficient (Wildman–Crippen LogP) is 2.30. The summed E-state index contributed by atoms with van der Waals surface area (Å²) in [5, 5.41) is 3.44. The summed E-state index contributed by atoms with van der Waals surface area (Å²) >= 11 is 0. The Balaban J connectivity index is 0.00000200. The standard InChI is InChI=1S/C25H29FN6O4.2ClH/c1-34-23-3-2-20-24(31-23)16(18(26)12-30-20)4-6-32-7-5-19(17(14-32)25(27)33)29-11-15-10-21-22(13-28-15)36-9-8-35-21;;/h2-3,10,12-13,17,19,29H,4-9,11,14H2,1H3,(H2,27,33);2*1H. The molecule has 0 radical (unpaired) electrons. The second-order valence-corrected chi connectivity index (χ2v) is 8.96. The van der Waals surface area contributed by atoms with Gasteiger partial charge in [0, 0.05) is 43.4 Å². The first-order valence-corrected chi connectivity index (χ1v) is 12.0. The third-order valence-corrected chi connectivity index (χ3v) is 6.72. The van der Waals surface area contributed by atoms with E-state index >= 15 is 0 Å². The Morgan fingerprint density at radius 2 is 2.00 bits per heavy atom. The van der Waals surface area contributed by atoms with Crippen LogP contribution in [-0.4, -0.2) is 71.8 Å². The number of pyridine rings is 3. The Bertz CT molecular complexity index is 1270. The fourth-order valence-corrected chi connectivity index (χ4v) is 4.78. The van der Waals surface area contributed by atoms with Crippen LogP contribution in [0, 0.1) is 11.7 Å². The molecular formula is C25H31Cl2FN6O4. The SMILES string of the molecule is COc1ccc2ncc(F)c(CCN3CCC(NCc4cc5c(cn4)OCCO5)C(C(N)=O)C3)c2n1.Cl.Cl. The van der Waals surface area contributed by atoms with Crippen molar-refractivity contribution < 1.29 is 23.4 Å². The molecule has 2 aliphatic heterocycles. The molecule has 2 unspecified atom stereocenters. The summed E-state index contributed by atoms with van der Waals surface area (Å²) in [5.41, 5.74) is 8.15. The molecule has 3 aromatic rings. The molecule has 10 nitrogen and oxygen atoms in total. The van der Waals surface area contributed by atoms with Gasteiger partial charge in [-0.25, -0.2) is 9.37 Å². The van der Waals surface area contributed by atoms with Gasteiger partial charge in [0.15, 0.2) is 11.5 Å². The van der Waals surface area contributed by atoms with E-state index in [-0.39, 0.29) is 42.7 Å². The number of carbonyl (C=O) groups excluding carboxylic acids is 1. The van der Waals surface area contributed by atoms with Crippen molar-refractivity contribution in [2.45, 2.75) is 25.4 Å². The minimum atomic E-state index is -0.404. The molecule has 38 heavy (non-hydrogen) atoms. The van der Waals surface area contributed by atoms with Crippen LogP contribution < -0.4 is 25.3 Å². The smallest absolute Gasteiger partial charge is 0.223 e. The number of aromatic nitrogens is 3. The summed E-state index contributed by atoms with van der Waals surface area (Å²) in [7, 11) is 1.52. The van der Waals surface area contributed by atoms with Crippen LogP contribution in [0.3, 0.4) is 0 Å². The van der Waals surface area contributed by atoms with E-state index < -0.39 is 5.82 Å². The molecule has 206 valence electrons. The number of ether oxygens (including phenoxy) is 3. The monoisotopic (exact) mass is 568 g/mol. The minimum absolute atomic E-state index is 0. The number of amides is 1. The van der Waals surface area contributed by atoms with Crippen LogP contribution in [0.5, 0.6) is 17.4 Å². The average molecular weight is 569 g/mol. The quantitative estimate of drug-likeness (QED) is 0.421. The molecule has 1 saturated heterocycles. The second-order valence-electron chi connectivity index (χ2n) is 8.96. The lowest BCUT2D eigenvalue weighted by Gasteiger charge is -2.37. The number of methoxy groups -OCH3 is 1. The largest absolute Gasteiger partial charge is 0.486 e. The Labute approximate surface area is 232 Å². The van der Waals surface area contributed by atoms with Crippen molar-refractivity contribution in [2.24, 2.45) is 11.7 Å². The molecule has 5 rings (SSSR count). The van der Waals surface area contributed by atoms with E-state index in [2.05, 4.69) is 25.2 Å². The summed E-state index contributed by atoms with van der Waals surface area (Å²) in [6.45, 7) is 3.30. The van der Waals surface area contributed by atoms with Crippen molar-refractivity contribution in [1.29, 1.82) is 0 Å². The highest BCUT2D eigenvalue weighted by atomic mass is 35.5. The van der Waals surface area contributed by atoms with E-state index in [1.807, 2.05) is 6.07 Å². The number of rotatable bonds is 8. The van der Waals surface area contributed by atoms with Crippen LogP contribution in [0.4, 0.5) is 4.39 Å². The third-order valence-electron chi connectivity index (χ3n) is 6.72. The van der Waals surface area contributed by atoms with Crippen LogP contribution in [0.15, 0.2) is 30.6 Å². The Hall–Kier alpha value is -2.99. The topological polar surface area (TPSA) is 125 Å².